The van der Waals surface area contributed by atoms with Crippen LogP contribution in [0.15, 0.2) is 36.4 Å². The highest BCUT2D eigenvalue weighted by Gasteiger charge is 2.30. The van der Waals surface area contributed by atoms with Gasteiger partial charge in [0, 0.05) is 18.8 Å². The van der Waals surface area contributed by atoms with E-state index in [0.29, 0.717) is 12.2 Å². The number of hydrogen-bond acceptors (Lipinski definition) is 5. The first kappa shape index (κ1) is 19.8. The van der Waals surface area contributed by atoms with E-state index < -0.39 is 5.54 Å². The third-order valence-electron chi connectivity index (χ3n) is 4.87. The van der Waals surface area contributed by atoms with Gasteiger partial charge in [0.25, 0.3) is 0 Å². The molecule has 0 aliphatic heterocycles. The zero-order valence-electron chi connectivity index (χ0n) is 15.7. The topological polar surface area (TPSA) is 67.9 Å². The van der Waals surface area contributed by atoms with E-state index in [2.05, 4.69) is 64.9 Å². The molecule has 1 heterocycles. The van der Waals surface area contributed by atoms with Crippen molar-refractivity contribution in [2.24, 2.45) is 5.73 Å². The molecule has 0 bridgehead atoms. The van der Waals surface area contributed by atoms with Gasteiger partial charge in [0.1, 0.15) is 0 Å². The molecule has 0 saturated carbocycles. The van der Waals surface area contributed by atoms with Crippen molar-refractivity contribution in [2.75, 3.05) is 18.0 Å². The van der Waals surface area contributed by atoms with Gasteiger partial charge in [-0.2, -0.15) is 4.98 Å². The minimum Gasteiger partial charge on any atom is -0.372 e. The standard InChI is InChI=1S/C20H23Cl2N5/c1-4-27(5-2)15-6-7-16(13(3)12-15)14-8-10-20(23,11-9-14)17-24-18(21)26-19(22)25-17/h6-10,12H,4-5,11,23H2,1-3H3. The fraction of sp³-hybridized carbons (Fsp3) is 0.350. The van der Waals surface area contributed by atoms with Gasteiger partial charge in [0.15, 0.2) is 5.82 Å². The number of aryl methyl sites for hydroxylation is 1. The molecule has 7 heteroatoms. The van der Waals surface area contributed by atoms with Gasteiger partial charge in [-0.25, -0.2) is 9.97 Å². The van der Waals surface area contributed by atoms with Crippen LogP contribution in [-0.4, -0.2) is 28.0 Å². The predicted octanol–water partition coefficient (Wildman–Crippen LogP) is 4.53. The highest BCUT2D eigenvalue weighted by molar-refractivity contribution is 6.31. The molecule has 0 amide bonds. The largest absolute Gasteiger partial charge is 0.372 e. The number of anilines is 1. The Labute approximate surface area is 169 Å². The average molecular weight is 404 g/mol. The summed E-state index contributed by atoms with van der Waals surface area (Å²) in [5.74, 6) is 0.368. The lowest BCUT2D eigenvalue weighted by atomic mass is 9.86. The number of hydrogen-bond donors (Lipinski definition) is 1. The molecule has 1 aliphatic carbocycles. The van der Waals surface area contributed by atoms with Gasteiger partial charge in [0.05, 0.1) is 5.54 Å². The summed E-state index contributed by atoms with van der Waals surface area (Å²) >= 11 is 11.8. The van der Waals surface area contributed by atoms with Crippen molar-refractivity contribution in [3.8, 4) is 0 Å². The summed E-state index contributed by atoms with van der Waals surface area (Å²) < 4.78 is 0. The summed E-state index contributed by atoms with van der Waals surface area (Å²) in [5, 5.41) is 0.0849. The maximum absolute atomic E-state index is 6.49. The third-order valence-corrected chi connectivity index (χ3v) is 5.20. The molecule has 5 nitrogen and oxygen atoms in total. The van der Waals surface area contributed by atoms with Crippen LogP contribution in [0, 0.1) is 6.92 Å². The van der Waals surface area contributed by atoms with Crippen molar-refractivity contribution in [2.45, 2.75) is 32.7 Å². The fourth-order valence-corrected chi connectivity index (χ4v) is 3.67. The molecule has 0 saturated heterocycles. The van der Waals surface area contributed by atoms with Crippen LogP contribution < -0.4 is 10.6 Å². The monoisotopic (exact) mass is 403 g/mol. The van der Waals surface area contributed by atoms with Gasteiger partial charge in [-0.15, -0.1) is 0 Å². The Morgan fingerprint density at radius 2 is 1.78 bits per heavy atom. The smallest absolute Gasteiger partial charge is 0.226 e. The molecule has 3 rings (SSSR count). The van der Waals surface area contributed by atoms with Crippen molar-refractivity contribution in [1.29, 1.82) is 0 Å². The van der Waals surface area contributed by atoms with Crippen LogP contribution in [-0.2, 0) is 5.54 Å². The minimum atomic E-state index is -0.852. The zero-order valence-corrected chi connectivity index (χ0v) is 17.2. The number of aromatic nitrogens is 3. The number of nitrogens with zero attached hydrogens (tertiary/aromatic N) is 4. The Balaban J connectivity index is 1.86. The average Bonchev–Trinajstić information content (AvgIpc) is 2.63. The lowest BCUT2D eigenvalue weighted by molar-refractivity contribution is 0.523. The van der Waals surface area contributed by atoms with E-state index in [9.17, 15) is 0 Å². The van der Waals surface area contributed by atoms with E-state index in [1.807, 2.05) is 12.2 Å². The Kier molecular flexibility index (Phi) is 5.84. The number of halogens is 2. The van der Waals surface area contributed by atoms with Crippen LogP contribution in [0.3, 0.4) is 0 Å². The first-order chi connectivity index (χ1) is 12.9. The Bertz CT molecular complexity index is 885. The normalized spacial score (nSPS) is 19.1. The summed E-state index contributed by atoms with van der Waals surface area (Å²) in [5.41, 5.74) is 10.4. The highest BCUT2D eigenvalue weighted by Crippen LogP contribution is 2.33. The van der Waals surface area contributed by atoms with E-state index in [4.69, 9.17) is 28.9 Å². The molecule has 0 spiro atoms. The molecule has 0 fully saturated rings. The summed E-state index contributed by atoms with van der Waals surface area (Å²) in [6.45, 7) is 8.45. The molecule has 0 radical (unpaired) electrons. The van der Waals surface area contributed by atoms with Gasteiger partial charge < -0.3 is 10.6 Å². The Hall–Kier alpha value is -1.95. The van der Waals surface area contributed by atoms with Crippen LogP contribution in [0.2, 0.25) is 10.6 Å². The zero-order chi connectivity index (χ0) is 19.6. The Morgan fingerprint density at radius 3 is 2.30 bits per heavy atom. The highest BCUT2D eigenvalue weighted by atomic mass is 35.5. The van der Waals surface area contributed by atoms with Crippen LogP contribution >= 0.6 is 23.2 Å². The second-order valence-corrected chi connectivity index (χ2v) is 7.28. The van der Waals surface area contributed by atoms with Crippen molar-refractivity contribution in [3.63, 3.8) is 0 Å². The molecule has 142 valence electrons. The van der Waals surface area contributed by atoms with Gasteiger partial charge in [-0.3, -0.25) is 0 Å². The molecule has 1 aliphatic rings. The van der Waals surface area contributed by atoms with Gasteiger partial charge >= 0.3 is 0 Å². The van der Waals surface area contributed by atoms with Crippen LogP contribution in [0.5, 0.6) is 0 Å². The number of benzene rings is 1. The molecule has 2 N–H and O–H groups in total. The summed E-state index contributed by atoms with van der Waals surface area (Å²) in [6.07, 6.45) is 6.56. The molecule has 1 aromatic heterocycles. The predicted molar refractivity (Wildman–Crippen MR) is 112 cm³/mol. The molecule has 27 heavy (non-hydrogen) atoms. The van der Waals surface area contributed by atoms with Crippen LogP contribution in [0.25, 0.3) is 5.57 Å². The van der Waals surface area contributed by atoms with Crippen molar-refractivity contribution in [3.05, 3.63) is 63.9 Å². The maximum Gasteiger partial charge on any atom is 0.226 e. The van der Waals surface area contributed by atoms with Gasteiger partial charge in [0.2, 0.25) is 10.6 Å². The molecular formula is C20H23Cl2N5. The first-order valence-corrected chi connectivity index (χ1v) is 9.73. The fourth-order valence-electron chi connectivity index (χ4n) is 3.31. The quantitative estimate of drug-likeness (QED) is 0.793. The lowest BCUT2D eigenvalue weighted by Gasteiger charge is -2.27. The number of rotatable bonds is 5. The SMILES string of the molecule is CCN(CC)c1ccc(C2=CCC(N)(c3nc(Cl)nc(Cl)n3)C=C2)c(C)c1. The van der Waals surface area contributed by atoms with E-state index in [0.717, 1.165) is 18.7 Å². The molecule has 1 atom stereocenters. The van der Waals surface area contributed by atoms with Crippen molar-refractivity contribution < 1.29 is 0 Å². The van der Waals surface area contributed by atoms with Crippen molar-refractivity contribution in [1.82, 2.24) is 15.0 Å². The molecule has 2 aromatic rings. The second kappa shape index (κ2) is 7.97. The Morgan fingerprint density at radius 1 is 1.11 bits per heavy atom. The first-order valence-electron chi connectivity index (χ1n) is 8.98. The van der Waals surface area contributed by atoms with E-state index in [-0.39, 0.29) is 10.6 Å². The minimum absolute atomic E-state index is 0.0424. The summed E-state index contributed by atoms with van der Waals surface area (Å²) in [6, 6.07) is 6.56. The van der Waals surface area contributed by atoms with E-state index in [1.54, 1.807) is 0 Å². The van der Waals surface area contributed by atoms with Gasteiger partial charge in [-0.05, 0) is 79.2 Å². The number of nitrogens with two attached hydrogens (primary N) is 1. The second-order valence-electron chi connectivity index (χ2n) is 6.61. The van der Waals surface area contributed by atoms with Crippen LogP contribution in [0.4, 0.5) is 5.69 Å². The lowest BCUT2D eigenvalue weighted by Crippen LogP contribution is -2.37. The summed E-state index contributed by atoms with van der Waals surface area (Å²) in [4.78, 5) is 14.4. The number of allylic oxidation sites excluding steroid dienone is 2. The van der Waals surface area contributed by atoms with Crippen molar-refractivity contribution >= 4 is 34.5 Å². The third kappa shape index (κ3) is 4.15. The van der Waals surface area contributed by atoms with E-state index in [1.165, 1.54) is 16.8 Å². The summed E-state index contributed by atoms with van der Waals surface area (Å²) in [7, 11) is 0. The maximum atomic E-state index is 6.49. The molecule has 1 unspecified atom stereocenters. The molecule has 1 aromatic carbocycles. The van der Waals surface area contributed by atoms with Gasteiger partial charge in [-0.1, -0.05) is 24.3 Å². The van der Waals surface area contributed by atoms with Crippen LogP contribution in [0.1, 0.15) is 37.2 Å². The van der Waals surface area contributed by atoms with E-state index >= 15 is 0 Å². The molecular weight excluding hydrogens is 381 g/mol.